The van der Waals surface area contributed by atoms with Gasteiger partial charge >= 0.3 is 5.97 Å². The van der Waals surface area contributed by atoms with Crippen LogP contribution in [0.4, 0.5) is 0 Å². The Morgan fingerprint density at radius 1 is 1.20 bits per heavy atom. The first-order valence-electron chi connectivity index (χ1n) is 5.98. The van der Waals surface area contributed by atoms with Gasteiger partial charge < -0.3 is 10.2 Å². The average Bonchev–Trinajstić information content (AvgIpc) is 2.22. The highest BCUT2D eigenvalue weighted by molar-refractivity contribution is 5.75. The zero-order valence-electron chi connectivity index (χ0n) is 9.70. The molecule has 1 saturated carbocycles. The van der Waals surface area contributed by atoms with Gasteiger partial charge in [-0.3, -0.25) is 4.79 Å². The van der Waals surface area contributed by atoms with E-state index in [0.29, 0.717) is 12.8 Å². The van der Waals surface area contributed by atoms with Gasteiger partial charge in [0, 0.05) is 0 Å². The van der Waals surface area contributed by atoms with Crippen LogP contribution < -0.4 is 0 Å². The van der Waals surface area contributed by atoms with E-state index < -0.39 is 11.4 Å². The Hall–Kier alpha value is -0.570. The number of aliphatic carboxylic acids is 1. The molecule has 0 aromatic carbocycles. The number of hydrogen-bond acceptors (Lipinski definition) is 2. The standard InChI is InChI=1S/C12H22O3/c1-3-12(4-2,11(14)15)9-5-7-10(13)8-6-9/h9-10,13H,3-8H2,1-2H3,(H,14,15)/t9-,10-. The molecule has 0 amide bonds. The molecule has 0 radical (unpaired) electrons. The van der Waals surface area contributed by atoms with E-state index in [2.05, 4.69) is 0 Å². The van der Waals surface area contributed by atoms with Crippen LogP contribution in [0.25, 0.3) is 0 Å². The van der Waals surface area contributed by atoms with E-state index in [4.69, 9.17) is 0 Å². The fourth-order valence-corrected chi connectivity index (χ4v) is 2.93. The minimum absolute atomic E-state index is 0.207. The molecular formula is C12H22O3. The Balaban J connectivity index is 2.76. The Labute approximate surface area is 91.5 Å². The molecule has 2 N–H and O–H groups in total. The van der Waals surface area contributed by atoms with Crippen LogP contribution in [-0.2, 0) is 4.79 Å². The number of aliphatic hydroxyl groups is 1. The van der Waals surface area contributed by atoms with Crippen LogP contribution in [0.3, 0.4) is 0 Å². The van der Waals surface area contributed by atoms with Crippen molar-refractivity contribution in [2.24, 2.45) is 11.3 Å². The van der Waals surface area contributed by atoms with Gasteiger partial charge in [0.25, 0.3) is 0 Å². The molecular weight excluding hydrogens is 192 g/mol. The van der Waals surface area contributed by atoms with Crippen LogP contribution in [0.2, 0.25) is 0 Å². The van der Waals surface area contributed by atoms with Crippen LogP contribution in [0.15, 0.2) is 0 Å². The van der Waals surface area contributed by atoms with Crippen LogP contribution in [-0.4, -0.2) is 22.3 Å². The highest BCUT2D eigenvalue weighted by atomic mass is 16.4. The Bertz CT molecular complexity index is 213. The Morgan fingerprint density at radius 3 is 2.00 bits per heavy atom. The van der Waals surface area contributed by atoms with Crippen molar-refractivity contribution in [3.8, 4) is 0 Å². The van der Waals surface area contributed by atoms with E-state index in [9.17, 15) is 15.0 Å². The van der Waals surface area contributed by atoms with Gasteiger partial charge in [-0.25, -0.2) is 0 Å². The topological polar surface area (TPSA) is 57.5 Å². The zero-order chi connectivity index (χ0) is 11.5. The van der Waals surface area contributed by atoms with E-state index in [1.165, 1.54) is 0 Å². The lowest BCUT2D eigenvalue weighted by Crippen LogP contribution is -2.40. The summed E-state index contributed by atoms with van der Waals surface area (Å²) in [5.74, 6) is -0.415. The normalized spacial score (nSPS) is 27.7. The molecule has 1 aliphatic rings. The predicted molar refractivity (Wildman–Crippen MR) is 58.6 cm³/mol. The molecule has 3 nitrogen and oxygen atoms in total. The van der Waals surface area contributed by atoms with Gasteiger partial charge in [-0.05, 0) is 44.4 Å². The van der Waals surface area contributed by atoms with Crippen LogP contribution >= 0.6 is 0 Å². The second kappa shape index (κ2) is 4.97. The van der Waals surface area contributed by atoms with Crippen molar-refractivity contribution in [1.82, 2.24) is 0 Å². The summed E-state index contributed by atoms with van der Waals surface area (Å²) in [7, 11) is 0. The lowest BCUT2D eigenvalue weighted by molar-refractivity contribution is -0.155. The molecule has 15 heavy (non-hydrogen) atoms. The predicted octanol–water partition coefficient (Wildman–Crippen LogP) is 2.43. The van der Waals surface area contributed by atoms with Crippen LogP contribution in [0.1, 0.15) is 52.4 Å². The van der Waals surface area contributed by atoms with Crippen molar-refractivity contribution in [3.63, 3.8) is 0 Å². The van der Waals surface area contributed by atoms with Gasteiger partial charge in [0.1, 0.15) is 0 Å². The summed E-state index contributed by atoms with van der Waals surface area (Å²) in [5, 5.41) is 18.8. The molecule has 0 aromatic rings. The SMILES string of the molecule is CCC(CC)(C(=O)O)[C@H]1CC[C@H](O)CC1. The fraction of sp³-hybridized carbons (Fsp3) is 0.917. The summed E-state index contributed by atoms with van der Waals surface area (Å²) in [6.45, 7) is 3.92. The van der Waals surface area contributed by atoms with Gasteiger partial charge in [-0.15, -0.1) is 0 Å². The zero-order valence-corrected chi connectivity index (χ0v) is 9.70. The molecule has 0 saturated heterocycles. The highest BCUT2D eigenvalue weighted by Crippen LogP contribution is 2.43. The monoisotopic (exact) mass is 214 g/mol. The molecule has 1 aliphatic carbocycles. The smallest absolute Gasteiger partial charge is 0.309 e. The van der Waals surface area contributed by atoms with Gasteiger partial charge in [0.15, 0.2) is 0 Å². The van der Waals surface area contributed by atoms with E-state index in [1.807, 2.05) is 13.8 Å². The average molecular weight is 214 g/mol. The number of aliphatic hydroxyl groups excluding tert-OH is 1. The van der Waals surface area contributed by atoms with Gasteiger partial charge in [-0.1, -0.05) is 13.8 Å². The summed E-state index contributed by atoms with van der Waals surface area (Å²) in [4.78, 5) is 11.4. The summed E-state index contributed by atoms with van der Waals surface area (Å²) in [6.07, 6.45) is 4.42. The Morgan fingerprint density at radius 2 is 1.67 bits per heavy atom. The second-order valence-electron chi connectivity index (χ2n) is 4.67. The number of rotatable bonds is 4. The third-order valence-electron chi connectivity index (χ3n) is 4.17. The van der Waals surface area contributed by atoms with Crippen molar-refractivity contribution in [1.29, 1.82) is 0 Å². The number of carboxylic acid groups (broad SMARTS) is 1. The van der Waals surface area contributed by atoms with Gasteiger partial charge in [0.05, 0.1) is 11.5 Å². The summed E-state index contributed by atoms with van der Waals surface area (Å²) >= 11 is 0. The Kier molecular flexibility index (Phi) is 4.14. The van der Waals surface area contributed by atoms with E-state index in [1.54, 1.807) is 0 Å². The minimum atomic E-state index is -0.658. The highest BCUT2D eigenvalue weighted by Gasteiger charge is 2.43. The molecule has 0 spiro atoms. The van der Waals surface area contributed by atoms with Crippen molar-refractivity contribution in [2.45, 2.75) is 58.5 Å². The maximum Gasteiger partial charge on any atom is 0.309 e. The quantitative estimate of drug-likeness (QED) is 0.755. The summed E-state index contributed by atoms with van der Waals surface area (Å²) in [5.41, 5.74) is -0.555. The first kappa shape index (κ1) is 12.5. The van der Waals surface area contributed by atoms with Crippen molar-refractivity contribution in [3.05, 3.63) is 0 Å². The first-order valence-corrected chi connectivity index (χ1v) is 5.98. The molecule has 0 unspecified atom stereocenters. The van der Waals surface area contributed by atoms with Crippen LogP contribution in [0.5, 0.6) is 0 Å². The van der Waals surface area contributed by atoms with Crippen LogP contribution in [0, 0.1) is 11.3 Å². The van der Waals surface area contributed by atoms with E-state index in [0.717, 1.165) is 25.7 Å². The van der Waals surface area contributed by atoms with Crippen molar-refractivity contribution >= 4 is 5.97 Å². The van der Waals surface area contributed by atoms with Gasteiger partial charge in [0.2, 0.25) is 0 Å². The third kappa shape index (κ3) is 2.33. The van der Waals surface area contributed by atoms with Crippen molar-refractivity contribution < 1.29 is 15.0 Å². The largest absolute Gasteiger partial charge is 0.481 e. The second-order valence-corrected chi connectivity index (χ2v) is 4.67. The lowest BCUT2D eigenvalue weighted by Gasteiger charge is -2.39. The lowest BCUT2D eigenvalue weighted by atomic mass is 9.65. The fourth-order valence-electron chi connectivity index (χ4n) is 2.93. The maximum absolute atomic E-state index is 11.4. The number of carbonyl (C=O) groups is 1. The molecule has 88 valence electrons. The number of hydrogen-bond donors (Lipinski definition) is 2. The minimum Gasteiger partial charge on any atom is -0.481 e. The van der Waals surface area contributed by atoms with E-state index >= 15 is 0 Å². The molecule has 0 heterocycles. The molecule has 3 heteroatoms. The summed E-state index contributed by atoms with van der Waals surface area (Å²) in [6, 6.07) is 0. The maximum atomic E-state index is 11.4. The number of carboxylic acids is 1. The molecule has 1 fully saturated rings. The molecule has 0 aromatic heterocycles. The molecule has 1 rings (SSSR count). The first-order chi connectivity index (χ1) is 7.06. The van der Waals surface area contributed by atoms with Gasteiger partial charge in [-0.2, -0.15) is 0 Å². The summed E-state index contributed by atoms with van der Waals surface area (Å²) < 4.78 is 0. The molecule has 0 atom stereocenters. The molecule has 0 aliphatic heterocycles. The van der Waals surface area contributed by atoms with E-state index in [-0.39, 0.29) is 12.0 Å². The molecule has 0 bridgehead atoms. The third-order valence-corrected chi connectivity index (χ3v) is 4.17. The van der Waals surface area contributed by atoms with Crippen molar-refractivity contribution in [2.75, 3.05) is 0 Å².